The van der Waals surface area contributed by atoms with Gasteiger partial charge in [-0.15, -0.1) is 0 Å². The van der Waals surface area contributed by atoms with Crippen LogP contribution in [0, 0.1) is 6.92 Å². The predicted molar refractivity (Wildman–Crippen MR) is 86.8 cm³/mol. The van der Waals surface area contributed by atoms with Crippen molar-refractivity contribution >= 4 is 23.5 Å². The van der Waals surface area contributed by atoms with E-state index in [4.69, 9.17) is 16.2 Å². The number of nitrogen functional groups attached to an aromatic ring is 2. The van der Waals surface area contributed by atoms with Crippen LogP contribution >= 0.6 is 11.8 Å². The van der Waals surface area contributed by atoms with Gasteiger partial charge in [0.2, 0.25) is 5.95 Å². The summed E-state index contributed by atoms with van der Waals surface area (Å²) in [5, 5.41) is 0. The van der Waals surface area contributed by atoms with Gasteiger partial charge in [0.25, 0.3) is 0 Å². The van der Waals surface area contributed by atoms with Crippen LogP contribution in [-0.2, 0) is 0 Å². The minimum absolute atomic E-state index is 0.187. The van der Waals surface area contributed by atoms with E-state index in [0.717, 1.165) is 21.1 Å². The number of aromatic nitrogens is 2. The molecule has 0 fully saturated rings. The summed E-state index contributed by atoms with van der Waals surface area (Å²) in [4.78, 5) is 9.94. The molecule has 1 aromatic carbocycles. The molecule has 112 valence electrons. The third-order valence-electron chi connectivity index (χ3n) is 3.17. The minimum Gasteiger partial charge on any atom is -0.496 e. The summed E-state index contributed by atoms with van der Waals surface area (Å²) in [6, 6.07) is 4.19. The number of aryl methyl sites for hydroxylation is 1. The molecular formula is C15H20N4OS. The second-order valence-electron chi connectivity index (χ2n) is 5.09. The Bertz CT molecular complexity index is 658. The summed E-state index contributed by atoms with van der Waals surface area (Å²) in [7, 11) is 1.69. The van der Waals surface area contributed by atoms with Gasteiger partial charge in [0.05, 0.1) is 12.0 Å². The highest BCUT2D eigenvalue weighted by molar-refractivity contribution is 7.99. The molecule has 0 aliphatic heterocycles. The summed E-state index contributed by atoms with van der Waals surface area (Å²) in [5.41, 5.74) is 13.7. The van der Waals surface area contributed by atoms with Gasteiger partial charge in [-0.25, -0.2) is 4.98 Å². The fourth-order valence-corrected chi connectivity index (χ4v) is 3.17. The van der Waals surface area contributed by atoms with Crippen molar-refractivity contribution in [1.29, 1.82) is 0 Å². The fourth-order valence-electron chi connectivity index (χ4n) is 2.03. The molecule has 2 aromatic rings. The number of anilines is 2. The average Bonchev–Trinajstić information content (AvgIpc) is 2.41. The van der Waals surface area contributed by atoms with Crippen LogP contribution < -0.4 is 16.2 Å². The first-order valence-corrected chi connectivity index (χ1v) is 7.48. The van der Waals surface area contributed by atoms with Gasteiger partial charge in [0, 0.05) is 11.1 Å². The monoisotopic (exact) mass is 304 g/mol. The first-order chi connectivity index (χ1) is 9.92. The molecule has 0 saturated carbocycles. The maximum Gasteiger partial charge on any atom is 0.221 e. The molecular weight excluding hydrogens is 284 g/mol. The zero-order chi connectivity index (χ0) is 15.6. The molecule has 0 aliphatic rings. The molecule has 5 nitrogen and oxygen atoms in total. The Kier molecular flexibility index (Phi) is 4.57. The lowest BCUT2D eigenvalue weighted by molar-refractivity contribution is 0.410. The SMILES string of the molecule is COc1cc(C(C)C)c(Sc2cnc(N)nc2N)cc1C. The van der Waals surface area contributed by atoms with E-state index in [1.165, 1.54) is 5.56 Å². The van der Waals surface area contributed by atoms with Gasteiger partial charge >= 0.3 is 0 Å². The Morgan fingerprint density at radius 1 is 1.19 bits per heavy atom. The van der Waals surface area contributed by atoms with Gasteiger partial charge < -0.3 is 16.2 Å². The third kappa shape index (κ3) is 3.39. The lowest BCUT2D eigenvalue weighted by atomic mass is 10.0. The van der Waals surface area contributed by atoms with E-state index in [0.29, 0.717) is 11.7 Å². The van der Waals surface area contributed by atoms with E-state index in [2.05, 4.69) is 35.9 Å². The standard InChI is InChI=1S/C15H20N4OS/c1-8(2)10-6-11(20-4)9(3)5-12(10)21-13-7-18-15(17)19-14(13)16/h5-8H,1-4H3,(H4,16,17,18,19). The molecule has 1 heterocycles. The molecule has 0 unspecified atom stereocenters. The van der Waals surface area contributed by atoms with Crippen molar-refractivity contribution in [2.75, 3.05) is 18.6 Å². The minimum atomic E-state index is 0.187. The molecule has 1 aromatic heterocycles. The Labute approximate surface area is 129 Å². The van der Waals surface area contributed by atoms with E-state index in [9.17, 15) is 0 Å². The summed E-state index contributed by atoms with van der Waals surface area (Å²) in [6.45, 7) is 6.32. The third-order valence-corrected chi connectivity index (χ3v) is 4.28. The zero-order valence-corrected chi connectivity index (χ0v) is 13.5. The number of benzene rings is 1. The van der Waals surface area contributed by atoms with Gasteiger partial charge in [0.1, 0.15) is 11.6 Å². The lowest BCUT2D eigenvalue weighted by Crippen LogP contribution is -2.01. The zero-order valence-electron chi connectivity index (χ0n) is 12.7. The van der Waals surface area contributed by atoms with Crippen LogP contribution in [0.2, 0.25) is 0 Å². The number of nitrogens with zero attached hydrogens (tertiary/aromatic N) is 2. The molecule has 0 atom stereocenters. The Hall–Kier alpha value is -1.95. The van der Waals surface area contributed by atoms with Crippen molar-refractivity contribution in [3.63, 3.8) is 0 Å². The van der Waals surface area contributed by atoms with Gasteiger partial charge in [-0.05, 0) is 36.1 Å². The first kappa shape index (κ1) is 15.4. The van der Waals surface area contributed by atoms with Crippen LogP contribution in [0.15, 0.2) is 28.1 Å². The molecule has 4 N–H and O–H groups in total. The summed E-state index contributed by atoms with van der Waals surface area (Å²) in [6.07, 6.45) is 1.66. The van der Waals surface area contributed by atoms with Crippen LogP contribution in [0.4, 0.5) is 11.8 Å². The molecule has 0 amide bonds. The summed E-state index contributed by atoms with van der Waals surface area (Å²) < 4.78 is 5.41. The number of ether oxygens (including phenoxy) is 1. The Morgan fingerprint density at radius 2 is 1.90 bits per heavy atom. The quantitative estimate of drug-likeness (QED) is 0.901. The predicted octanol–water partition coefficient (Wildman–Crippen LogP) is 3.23. The number of rotatable bonds is 4. The normalized spacial score (nSPS) is 10.9. The number of methoxy groups -OCH3 is 1. The van der Waals surface area contributed by atoms with Gasteiger partial charge in [0.15, 0.2) is 0 Å². The van der Waals surface area contributed by atoms with E-state index >= 15 is 0 Å². The fraction of sp³-hybridized carbons (Fsp3) is 0.333. The molecule has 0 aliphatic carbocycles. The summed E-state index contributed by atoms with van der Waals surface area (Å²) >= 11 is 1.55. The van der Waals surface area contributed by atoms with E-state index < -0.39 is 0 Å². The maximum absolute atomic E-state index is 5.91. The Morgan fingerprint density at radius 3 is 2.48 bits per heavy atom. The smallest absolute Gasteiger partial charge is 0.221 e. The average molecular weight is 304 g/mol. The topological polar surface area (TPSA) is 87.0 Å². The lowest BCUT2D eigenvalue weighted by Gasteiger charge is -2.16. The van der Waals surface area contributed by atoms with Crippen molar-refractivity contribution in [3.05, 3.63) is 29.5 Å². The molecule has 0 radical (unpaired) electrons. The van der Waals surface area contributed by atoms with Gasteiger partial charge in [-0.2, -0.15) is 4.98 Å². The van der Waals surface area contributed by atoms with Crippen LogP contribution in [0.3, 0.4) is 0 Å². The van der Waals surface area contributed by atoms with Gasteiger partial charge in [-0.3, -0.25) is 0 Å². The van der Waals surface area contributed by atoms with Crippen molar-refractivity contribution < 1.29 is 4.74 Å². The molecule has 21 heavy (non-hydrogen) atoms. The molecule has 0 bridgehead atoms. The van der Waals surface area contributed by atoms with Crippen molar-refractivity contribution in [2.45, 2.75) is 36.5 Å². The highest BCUT2D eigenvalue weighted by atomic mass is 32.2. The number of hydrogen-bond acceptors (Lipinski definition) is 6. The van der Waals surface area contributed by atoms with E-state index in [1.807, 2.05) is 6.92 Å². The summed E-state index contributed by atoms with van der Waals surface area (Å²) in [5.74, 6) is 1.85. The second kappa shape index (κ2) is 6.22. The van der Waals surface area contributed by atoms with E-state index in [-0.39, 0.29) is 5.95 Å². The van der Waals surface area contributed by atoms with Crippen molar-refractivity contribution in [2.24, 2.45) is 0 Å². The van der Waals surface area contributed by atoms with Crippen LogP contribution in [0.5, 0.6) is 5.75 Å². The molecule has 6 heteroatoms. The maximum atomic E-state index is 5.91. The Balaban J connectivity index is 2.45. The largest absolute Gasteiger partial charge is 0.496 e. The second-order valence-corrected chi connectivity index (χ2v) is 6.18. The van der Waals surface area contributed by atoms with Crippen LogP contribution in [-0.4, -0.2) is 17.1 Å². The highest BCUT2D eigenvalue weighted by Gasteiger charge is 2.14. The van der Waals surface area contributed by atoms with Crippen LogP contribution in [0.1, 0.15) is 30.9 Å². The highest BCUT2D eigenvalue weighted by Crippen LogP contribution is 2.39. The van der Waals surface area contributed by atoms with E-state index in [1.54, 1.807) is 25.1 Å². The van der Waals surface area contributed by atoms with Crippen LogP contribution in [0.25, 0.3) is 0 Å². The molecule has 0 saturated heterocycles. The van der Waals surface area contributed by atoms with Gasteiger partial charge in [-0.1, -0.05) is 25.6 Å². The number of hydrogen-bond donors (Lipinski definition) is 2. The molecule has 2 rings (SSSR count). The van der Waals surface area contributed by atoms with Crippen molar-refractivity contribution in [1.82, 2.24) is 9.97 Å². The van der Waals surface area contributed by atoms with Crippen molar-refractivity contribution in [3.8, 4) is 5.75 Å². The first-order valence-electron chi connectivity index (χ1n) is 6.66. The molecule has 0 spiro atoms. The number of nitrogens with two attached hydrogens (primary N) is 2.